The zero-order chi connectivity index (χ0) is 25.2. The predicted octanol–water partition coefficient (Wildman–Crippen LogP) is 4.24. The molecule has 0 amide bonds. The molecular formula is C25H29N5O4S. The van der Waals surface area contributed by atoms with Crippen LogP contribution >= 0.6 is 0 Å². The molecular weight excluding hydrogens is 466 g/mol. The van der Waals surface area contributed by atoms with Crippen molar-refractivity contribution in [3.63, 3.8) is 0 Å². The lowest BCUT2D eigenvalue weighted by atomic mass is 9.89. The van der Waals surface area contributed by atoms with E-state index >= 15 is 0 Å². The molecule has 2 heterocycles. The third-order valence-corrected chi connectivity index (χ3v) is 6.24. The number of nitrogens with zero attached hydrogens (tertiary/aromatic N) is 4. The minimum Gasteiger partial charge on any atom is -0.470 e. The average Bonchev–Trinajstić information content (AvgIpc) is 2.75. The Morgan fingerprint density at radius 1 is 1.29 bits per heavy atom. The van der Waals surface area contributed by atoms with Crippen molar-refractivity contribution in [3.05, 3.63) is 54.0 Å². The number of hydrogen-bond acceptors (Lipinski definition) is 9. The van der Waals surface area contributed by atoms with Crippen molar-refractivity contribution in [1.29, 1.82) is 0 Å². The molecule has 1 fully saturated rings. The number of carbonyl (C=O) groups is 1. The first kappa shape index (κ1) is 24.7. The Hall–Kier alpha value is -3.37. The largest absolute Gasteiger partial charge is 0.470 e. The van der Waals surface area contributed by atoms with E-state index in [0.29, 0.717) is 47.9 Å². The van der Waals surface area contributed by atoms with Gasteiger partial charge in [0.1, 0.15) is 23.9 Å². The number of anilines is 2. The van der Waals surface area contributed by atoms with Crippen LogP contribution in [0.5, 0.6) is 5.88 Å². The summed E-state index contributed by atoms with van der Waals surface area (Å²) in [6.45, 7) is 3.43. The number of allylic oxidation sites excluding steroid dienone is 1. The molecule has 0 bridgehead atoms. The van der Waals surface area contributed by atoms with Gasteiger partial charge in [-0.05, 0) is 69.0 Å². The summed E-state index contributed by atoms with van der Waals surface area (Å²) >= 11 is 0. The number of carbonyl (C=O) groups excluding carboxylic acids is 1. The molecule has 1 saturated carbocycles. The Bertz CT molecular complexity index is 1420. The van der Waals surface area contributed by atoms with Gasteiger partial charge in [-0.15, -0.1) is 0 Å². The van der Waals surface area contributed by atoms with Gasteiger partial charge < -0.3 is 15.2 Å². The van der Waals surface area contributed by atoms with E-state index < -0.39 is 21.9 Å². The molecule has 1 aliphatic rings. The molecule has 3 aromatic rings. The second-order valence-electron chi connectivity index (χ2n) is 9.01. The maximum Gasteiger partial charge on any atom is 0.238 e. The number of fused-ring (bicyclic) bond motifs is 1. The monoisotopic (exact) mass is 495 g/mol. The summed E-state index contributed by atoms with van der Waals surface area (Å²) in [6.07, 6.45) is 8.33. The lowest BCUT2D eigenvalue weighted by Gasteiger charge is -2.30. The molecule has 2 aromatic heterocycles. The van der Waals surface area contributed by atoms with Crippen molar-refractivity contribution in [1.82, 2.24) is 15.0 Å². The van der Waals surface area contributed by atoms with Crippen LogP contribution < -0.4 is 10.1 Å². The van der Waals surface area contributed by atoms with Gasteiger partial charge in [0.2, 0.25) is 5.88 Å². The van der Waals surface area contributed by atoms with E-state index in [1.54, 1.807) is 36.9 Å². The molecule has 10 heteroatoms. The number of rotatable bonds is 6. The van der Waals surface area contributed by atoms with Gasteiger partial charge in [-0.2, -0.15) is 4.36 Å². The summed E-state index contributed by atoms with van der Waals surface area (Å²) in [6, 6.07) is 7.25. The van der Waals surface area contributed by atoms with Crippen molar-refractivity contribution < 1.29 is 18.8 Å². The van der Waals surface area contributed by atoms with E-state index in [4.69, 9.17) is 4.74 Å². The van der Waals surface area contributed by atoms with E-state index in [1.165, 1.54) is 13.3 Å². The number of ketones is 1. The van der Waals surface area contributed by atoms with Gasteiger partial charge in [-0.3, -0.25) is 4.79 Å². The summed E-state index contributed by atoms with van der Waals surface area (Å²) in [5, 5.41) is 14.7. The zero-order valence-corrected chi connectivity index (χ0v) is 21.0. The number of aliphatic hydroxyl groups is 1. The summed E-state index contributed by atoms with van der Waals surface area (Å²) in [7, 11) is -2.30. The Balaban J connectivity index is 1.61. The topological polar surface area (TPSA) is 127 Å². The van der Waals surface area contributed by atoms with Crippen LogP contribution in [0.1, 0.15) is 31.7 Å². The first-order valence-corrected chi connectivity index (χ1v) is 13.6. The van der Waals surface area contributed by atoms with Crippen molar-refractivity contribution in [3.8, 4) is 5.88 Å². The number of hydrogen-bond donors (Lipinski definition) is 2. The molecule has 0 saturated heterocycles. The first-order chi connectivity index (χ1) is 16.6. The highest BCUT2D eigenvalue weighted by Gasteiger charge is 2.28. The molecule has 4 rings (SSSR count). The second-order valence-corrected chi connectivity index (χ2v) is 11.6. The van der Waals surface area contributed by atoms with E-state index in [2.05, 4.69) is 24.6 Å². The Morgan fingerprint density at radius 3 is 2.80 bits per heavy atom. The number of aliphatic hydroxyl groups excluding tert-OH is 1. The van der Waals surface area contributed by atoms with Gasteiger partial charge in [0.15, 0.2) is 5.78 Å². The normalized spacial score (nSPS) is 19.5. The Kier molecular flexibility index (Phi) is 7.13. The lowest BCUT2D eigenvalue weighted by Crippen LogP contribution is -2.36. The number of benzene rings is 1. The van der Waals surface area contributed by atoms with Gasteiger partial charge in [0.05, 0.1) is 17.3 Å². The van der Waals surface area contributed by atoms with Crippen LogP contribution in [0.15, 0.2) is 52.8 Å². The zero-order valence-electron chi connectivity index (χ0n) is 20.2. The average molecular weight is 496 g/mol. The van der Waals surface area contributed by atoms with E-state index in [-0.39, 0.29) is 5.78 Å². The van der Waals surface area contributed by atoms with E-state index in [9.17, 15) is 14.1 Å². The minimum atomic E-state index is -2.30. The molecule has 0 unspecified atom stereocenters. The van der Waals surface area contributed by atoms with Gasteiger partial charge in [-0.1, -0.05) is 5.57 Å². The number of aromatic nitrogens is 3. The molecule has 1 aliphatic carbocycles. The van der Waals surface area contributed by atoms with Crippen molar-refractivity contribution in [2.75, 3.05) is 17.8 Å². The highest BCUT2D eigenvalue weighted by molar-refractivity contribution is 7.92. The molecule has 0 spiro atoms. The lowest BCUT2D eigenvalue weighted by molar-refractivity contribution is -0.112. The van der Waals surface area contributed by atoms with Crippen LogP contribution in [0.4, 0.5) is 17.2 Å². The number of nitrogens with one attached hydrogen (secondary N) is 1. The third-order valence-electron chi connectivity index (χ3n) is 5.59. The van der Waals surface area contributed by atoms with Gasteiger partial charge in [0, 0.05) is 33.8 Å². The summed E-state index contributed by atoms with van der Waals surface area (Å²) < 4.78 is 22.5. The standard InChI is InChI=1S/C25H29N5O4S/c1-15-10-18(30-35(3,4)33)13-20-23(15)24(28-14-27-20)29-19-6-5-9-26-25(19)34-22-8-7-17(11-16(2)31)12-21(22)32/h5-6,9-11,13-14,21-22,32H,7-8,12H2,1-4H3,(H,27,28,29)/b17-11-/t21-,22-/m1/s1. The molecule has 0 radical (unpaired) electrons. The quantitative estimate of drug-likeness (QED) is 0.486. The summed E-state index contributed by atoms with van der Waals surface area (Å²) in [5.74, 6) is 0.902. The molecule has 2 N–H and O–H groups in total. The fraction of sp³-hybridized carbons (Fsp3) is 0.360. The van der Waals surface area contributed by atoms with Crippen LogP contribution in [0.2, 0.25) is 0 Å². The molecule has 35 heavy (non-hydrogen) atoms. The molecule has 1 aromatic carbocycles. The molecule has 9 nitrogen and oxygen atoms in total. The van der Waals surface area contributed by atoms with Crippen molar-refractivity contribution in [2.45, 2.75) is 45.3 Å². The SMILES string of the molecule is CC(=O)/C=C1/CC[C@@H](Oc2ncccc2Nc2ncnc3cc(N=S(C)(C)=O)cc(C)c23)[C@H](O)C1. The number of pyridine rings is 1. The van der Waals surface area contributed by atoms with Gasteiger partial charge >= 0.3 is 0 Å². The highest BCUT2D eigenvalue weighted by atomic mass is 32.2. The fourth-order valence-electron chi connectivity index (χ4n) is 4.20. The highest BCUT2D eigenvalue weighted by Crippen LogP contribution is 2.34. The van der Waals surface area contributed by atoms with E-state index in [0.717, 1.165) is 16.5 Å². The molecule has 2 atom stereocenters. The fourth-order valence-corrected chi connectivity index (χ4v) is 4.82. The van der Waals surface area contributed by atoms with Crippen LogP contribution in [-0.4, -0.2) is 54.8 Å². The summed E-state index contributed by atoms with van der Waals surface area (Å²) in [4.78, 5) is 24.5. The summed E-state index contributed by atoms with van der Waals surface area (Å²) in [5.41, 5.74) is 3.68. The third kappa shape index (κ3) is 6.20. The van der Waals surface area contributed by atoms with Crippen LogP contribution in [0.3, 0.4) is 0 Å². The second kappa shape index (κ2) is 10.1. The maximum atomic E-state index is 12.1. The Labute approximate surface area is 204 Å². The maximum absolute atomic E-state index is 12.1. The Morgan fingerprint density at radius 2 is 2.09 bits per heavy atom. The predicted molar refractivity (Wildman–Crippen MR) is 137 cm³/mol. The smallest absolute Gasteiger partial charge is 0.238 e. The molecule has 184 valence electrons. The van der Waals surface area contributed by atoms with Crippen molar-refractivity contribution >= 4 is 43.6 Å². The van der Waals surface area contributed by atoms with Crippen LogP contribution in [0.25, 0.3) is 10.9 Å². The van der Waals surface area contributed by atoms with Gasteiger partial charge in [0.25, 0.3) is 0 Å². The molecule has 0 aliphatic heterocycles. The number of ether oxygens (including phenoxy) is 1. The van der Waals surface area contributed by atoms with Gasteiger partial charge in [-0.25, -0.2) is 19.2 Å². The van der Waals surface area contributed by atoms with E-state index in [1.807, 2.05) is 19.1 Å². The first-order valence-electron chi connectivity index (χ1n) is 11.3. The van der Waals surface area contributed by atoms with Crippen LogP contribution in [-0.2, 0) is 14.5 Å². The van der Waals surface area contributed by atoms with Crippen LogP contribution in [0, 0.1) is 6.92 Å². The minimum absolute atomic E-state index is 0.0195. The van der Waals surface area contributed by atoms with Crippen molar-refractivity contribution in [2.24, 2.45) is 4.36 Å². The number of aryl methyl sites for hydroxylation is 1.